The predicted octanol–water partition coefficient (Wildman–Crippen LogP) is 13.8. The third-order valence-electron chi connectivity index (χ3n) is 19.8. The van der Waals surface area contributed by atoms with Crippen LogP contribution in [0.25, 0.3) is 67.2 Å². The number of fused-ring (bicyclic) bond motifs is 4. The molecule has 0 spiro atoms. The van der Waals surface area contributed by atoms with Crippen LogP contribution in [0.15, 0.2) is 85.2 Å². The normalized spacial score (nSPS) is 19.2. The molecule has 498 valence electrons. The Labute approximate surface area is 549 Å². The van der Waals surface area contributed by atoms with Crippen molar-refractivity contribution < 1.29 is 37.5 Å². The minimum absolute atomic E-state index is 0.0248. The summed E-state index contributed by atoms with van der Waals surface area (Å²) in [5.74, 6) is 2.69. The first-order valence-corrected chi connectivity index (χ1v) is 39.0. The third kappa shape index (κ3) is 14.3. The Morgan fingerprint density at radius 2 is 1.00 bits per heavy atom. The molecular formula is C71H98N12O8Si2. The number of likely N-dealkylation sites (tertiary alicyclic amines) is 2. The lowest BCUT2D eigenvalue weighted by Gasteiger charge is -2.40. The number of hydrogen-bond acceptors (Lipinski definition) is 12. The second-order valence-electron chi connectivity index (χ2n) is 31.6. The fraction of sp³-hybridized carbons (Fsp3) is 0.549. The number of nitrogens with one attached hydrogen (secondary N) is 1. The zero-order valence-corrected chi connectivity index (χ0v) is 60.3. The highest BCUT2D eigenvalue weighted by Crippen LogP contribution is 2.42. The van der Waals surface area contributed by atoms with Crippen molar-refractivity contribution in [1.82, 2.24) is 58.2 Å². The maximum Gasteiger partial charge on any atom is 0.410 e. The number of benzene rings is 2. The summed E-state index contributed by atoms with van der Waals surface area (Å²) in [7, 11) is 1.44. The maximum absolute atomic E-state index is 14.2. The van der Waals surface area contributed by atoms with Gasteiger partial charge in [0, 0.05) is 81.6 Å². The minimum atomic E-state index is -2.21. The Kier molecular flexibility index (Phi) is 17.8. The van der Waals surface area contributed by atoms with Gasteiger partial charge >= 0.3 is 12.2 Å². The van der Waals surface area contributed by atoms with Crippen LogP contribution in [0.1, 0.15) is 129 Å². The molecule has 0 radical (unpaired) electrons. The van der Waals surface area contributed by atoms with Gasteiger partial charge in [-0.15, -0.1) is 0 Å². The lowest BCUT2D eigenvalue weighted by atomic mass is 10.1. The van der Waals surface area contributed by atoms with Crippen LogP contribution >= 0.6 is 0 Å². The van der Waals surface area contributed by atoms with E-state index in [1.165, 1.54) is 25.7 Å². The van der Waals surface area contributed by atoms with Crippen molar-refractivity contribution in [2.24, 2.45) is 25.9 Å². The molecule has 8 heterocycles. The summed E-state index contributed by atoms with van der Waals surface area (Å²) in [5, 5.41) is 5.34. The number of imidazole rings is 2. The molecule has 20 nitrogen and oxygen atoms in total. The SMILES string of the molecule is CN(C(=O)c1ccc2c(c1)nc(-c1cc3cccnc3n1CC1CC1)n2C)[C@H]1CN(C(=O)OC(C)(C)C)C[C@H]1O[Si](C)(C)C(C)(C)C.Cn1c(-c2cc3cccnc3n2CC2CC2)nc2cc(C(=O)N[C@H]3CN(C(=O)OC(C)(C)C)C[C@H]3O[Si](C)(C)C(C)(C)C)ccc21. The summed E-state index contributed by atoms with van der Waals surface area (Å²) >= 11 is 0. The molecule has 6 aromatic heterocycles. The number of carbonyl (C=O) groups is 4. The Morgan fingerprint density at radius 1 is 0.570 bits per heavy atom. The van der Waals surface area contributed by atoms with E-state index in [0.717, 1.165) is 80.3 Å². The molecule has 0 bridgehead atoms. The van der Waals surface area contributed by atoms with Gasteiger partial charge in [-0.3, -0.25) is 9.59 Å². The van der Waals surface area contributed by atoms with Gasteiger partial charge in [0.2, 0.25) is 0 Å². The van der Waals surface area contributed by atoms with E-state index in [9.17, 15) is 19.2 Å². The molecule has 2 saturated heterocycles. The molecule has 4 amide bonds. The molecule has 4 fully saturated rings. The summed E-state index contributed by atoms with van der Waals surface area (Å²) in [6.45, 7) is 36.3. The maximum atomic E-state index is 14.2. The molecular weight excluding hydrogens is 1210 g/mol. The van der Waals surface area contributed by atoms with Gasteiger partial charge in [-0.2, -0.15) is 0 Å². The van der Waals surface area contributed by atoms with Crippen LogP contribution in [0.5, 0.6) is 0 Å². The van der Waals surface area contributed by atoms with Gasteiger partial charge in [0.25, 0.3) is 11.8 Å². The van der Waals surface area contributed by atoms with E-state index in [-0.39, 0.29) is 52.3 Å². The highest BCUT2D eigenvalue weighted by Gasteiger charge is 2.49. The zero-order chi connectivity index (χ0) is 67.2. The number of amides is 4. The summed E-state index contributed by atoms with van der Waals surface area (Å²) in [6.07, 6.45) is 7.19. The molecule has 93 heavy (non-hydrogen) atoms. The van der Waals surface area contributed by atoms with E-state index >= 15 is 0 Å². The Bertz CT molecular complexity index is 4150. The van der Waals surface area contributed by atoms with Crippen molar-refractivity contribution >= 4 is 84.8 Å². The van der Waals surface area contributed by atoms with Crippen LogP contribution in [0.3, 0.4) is 0 Å². The number of carbonyl (C=O) groups excluding carboxylic acids is 4. The topological polar surface area (TPSA) is 198 Å². The van der Waals surface area contributed by atoms with Gasteiger partial charge in [-0.1, -0.05) is 41.5 Å². The van der Waals surface area contributed by atoms with Gasteiger partial charge in [0.05, 0.1) is 70.8 Å². The van der Waals surface area contributed by atoms with Crippen molar-refractivity contribution in [2.45, 2.75) is 194 Å². The molecule has 2 saturated carbocycles. The number of nitrogens with zero attached hydrogens (tertiary/aromatic N) is 11. The van der Waals surface area contributed by atoms with Crippen LogP contribution in [0.2, 0.25) is 36.3 Å². The quantitative estimate of drug-likeness (QED) is 0.101. The second kappa shape index (κ2) is 24.7. The molecule has 1 N–H and O–H groups in total. The first-order valence-electron chi connectivity index (χ1n) is 33.2. The number of ether oxygens (including phenoxy) is 2. The van der Waals surface area contributed by atoms with Crippen LogP contribution in [-0.4, -0.2) is 162 Å². The first kappa shape index (κ1) is 67.0. The average Bonchev–Trinajstić information content (AvgIpc) is 1.61. The zero-order valence-electron chi connectivity index (χ0n) is 58.3. The second-order valence-corrected chi connectivity index (χ2v) is 41.1. The number of hydrogen-bond donors (Lipinski definition) is 1. The molecule has 12 rings (SSSR count). The van der Waals surface area contributed by atoms with E-state index in [1.54, 1.807) is 14.7 Å². The number of rotatable bonds is 14. The molecule has 4 atom stereocenters. The Hall–Kier alpha value is -7.41. The van der Waals surface area contributed by atoms with Crippen molar-refractivity contribution in [3.05, 3.63) is 96.3 Å². The van der Waals surface area contributed by atoms with Crippen molar-refractivity contribution in [1.29, 1.82) is 0 Å². The average molecular weight is 1300 g/mol. The molecule has 22 heteroatoms. The number of pyridine rings is 2. The lowest BCUT2D eigenvalue weighted by molar-refractivity contribution is 0.0262. The number of likely N-dealkylation sites (N-methyl/N-ethyl adjacent to an activating group) is 1. The van der Waals surface area contributed by atoms with Crippen LogP contribution < -0.4 is 5.32 Å². The predicted molar refractivity (Wildman–Crippen MR) is 371 cm³/mol. The third-order valence-corrected chi connectivity index (χ3v) is 28.8. The van der Waals surface area contributed by atoms with Crippen molar-refractivity contribution in [2.75, 3.05) is 33.2 Å². The fourth-order valence-corrected chi connectivity index (χ4v) is 14.8. The molecule has 8 aromatic rings. The standard InChI is InChI=1S/C36H50N6O4Si.C35H48N6O4Si/c1-35(2,3)45-34(44)41-21-29(30(22-41)46-47(9,10)36(4,5)6)40(8)33(43)25-15-16-27-26(18-25)38-32(39(27)7)28-19-24-12-11-17-37-31(24)42(28)20-23-13-14-23;1-34(2,3)44-33(43)40-20-26(29(21-40)45-46(8,9)35(4,5)6)38-32(42)24-14-15-27-25(17-24)37-31(39(27)7)28-18-23-11-10-16-36-30(23)41(28)19-22-12-13-22/h11-12,15-19,23,29-30H,13-14,20-22H2,1-10H3;10-11,14-18,22,26,29H,12-13,19-21H2,1-9H3,(H,38,42)/t29-,30+;26-,29+/m00/s1. The van der Waals surface area contributed by atoms with E-state index in [1.807, 2.05) is 124 Å². The van der Waals surface area contributed by atoms with Gasteiger partial charge in [-0.25, -0.2) is 29.5 Å². The minimum Gasteiger partial charge on any atom is -0.444 e. The number of aryl methyl sites for hydroxylation is 2. The van der Waals surface area contributed by atoms with Gasteiger partial charge in [0.15, 0.2) is 28.3 Å². The highest BCUT2D eigenvalue weighted by atomic mass is 28.4. The van der Waals surface area contributed by atoms with E-state index in [2.05, 4.69) is 121 Å². The first-order chi connectivity index (χ1) is 43.4. The molecule has 0 unspecified atom stereocenters. The van der Waals surface area contributed by atoms with Crippen molar-refractivity contribution in [3.63, 3.8) is 0 Å². The molecule has 2 aliphatic heterocycles. The summed E-state index contributed by atoms with van der Waals surface area (Å²) < 4.78 is 33.8. The van der Waals surface area contributed by atoms with Crippen LogP contribution in [0, 0.1) is 11.8 Å². The summed E-state index contributed by atoms with van der Waals surface area (Å²) in [6, 6.07) is 23.1. The van der Waals surface area contributed by atoms with E-state index < -0.39 is 33.9 Å². The number of aromatic nitrogens is 8. The highest BCUT2D eigenvalue weighted by molar-refractivity contribution is 6.74. The van der Waals surface area contributed by atoms with E-state index in [0.29, 0.717) is 49.1 Å². The molecule has 4 aliphatic rings. The van der Waals surface area contributed by atoms with Crippen LogP contribution in [0.4, 0.5) is 9.59 Å². The van der Waals surface area contributed by atoms with Gasteiger partial charge in [-0.05, 0) is 188 Å². The largest absolute Gasteiger partial charge is 0.444 e. The Balaban J connectivity index is 0.000000190. The van der Waals surface area contributed by atoms with Crippen LogP contribution in [-0.2, 0) is 45.5 Å². The summed E-state index contributed by atoms with van der Waals surface area (Å²) in [4.78, 5) is 78.7. The smallest absolute Gasteiger partial charge is 0.410 e. The van der Waals surface area contributed by atoms with Gasteiger partial charge in [0.1, 0.15) is 22.5 Å². The molecule has 2 aliphatic carbocycles. The Morgan fingerprint density at radius 3 is 1.45 bits per heavy atom. The van der Waals surface area contributed by atoms with Gasteiger partial charge < -0.3 is 56.6 Å². The monoisotopic (exact) mass is 1300 g/mol. The molecule has 2 aromatic carbocycles. The van der Waals surface area contributed by atoms with E-state index in [4.69, 9.17) is 33.3 Å². The van der Waals surface area contributed by atoms with Crippen molar-refractivity contribution in [3.8, 4) is 23.0 Å². The fourth-order valence-electron chi connectivity index (χ4n) is 12.1. The lowest BCUT2D eigenvalue weighted by Crippen LogP contribution is -2.51. The summed E-state index contributed by atoms with van der Waals surface area (Å²) in [5.41, 5.74) is 7.24.